The highest BCUT2D eigenvalue weighted by atomic mass is 32.2. The number of hydrogen-bond acceptors (Lipinski definition) is 4. The number of carbonyl (C=O) groups is 2. The Morgan fingerprint density at radius 2 is 1.74 bits per heavy atom. The van der Waals surface area contributed by atoms with Gasteiger partial charge in [-0.2, -0.15) is 0 Å². The van der Waals surface area contributed by atoms with Crippen LogP contribution in [0, 0.1) is 13.8 Å². The summed E-state index contributed by atoms with van der Waals surface area (Å²) in [6, 6.07) is 12.5. The first-order chi connectivity index (χ1) is 10.9. The third-order valence-electron chi connectivity index (χ3n) is 3.43. The van der Waals surface area contributed by atoms with E-state index in [-0.39, 0.29) is 16.7 Å². The lowest BCUT2D eigenvalue weighted by Gasteiger charge is -2.15. The fraction of sp³-hybridized carbons (Fsp3) is 0.222. The Hall–Kier alpha value is -2.27. The Kier molecular flexibility index (Phi) is 5.45. The van der Waals surface area contributed by atoms with E-state index in [9.17, 15) is 14.7 Å². The van der Waals surface area contributed by atoms with E-state index in [2.05, 4.69) is 5.32 Å². The van der Waals surface area contributed by atoms with E-state index in [4.69, 9.17) is 0 Å². The molecule has 120 valence electrons. The van der Waals surface area contributed by atoms with Crippen molar-refractivity contribution in [3.05, 3.63) is 59.2 Å². The van der Waals surface area contributed by atoms with Crippen molar-refractivity contribution in [3.63, 3.8) is 0 Å². The number of carbonyl (C=O) groups excluding carboxylic acids is 2. The average Bonchev–Trinajstić information content (AvgIpc) is 2.51. The van der Waals surface area contributed by atoms with Crippen LogP contribution in [0.2, 0.25) is 0 Å². The van der Waals surface area contributed by atoms with E-state index >= 15 is 0 Å². The highest BCUT2D eigenvalue weighted by Gasteiger charge is 2.15. The Bertz CT molecular complexity index is 726. The number of carboxylic acid groups (broad SMARTS) is 1. The number of amides is 1. The monoisotopic (exact) mass is 328 g/mol. The molecule has 0 unspecified atom stereocenters. The molecule has 2 aromatic carbocycles. The molecule has 0 saturated carbocycles. The van der Waals surface area contributed by atoms with Crippen LogP contribution in [0.15, 0.2) is 47.4 Å². The summed E-state index contributed by atoms with van der Waals surface area (Å²) in [6.45, 7) is 5.64. The van der Waals surface area contributed by atoms with Crippen LogP contribution in [0.25, 0.3) is 0 Å². The normalized spacial score (nSPS) is 11.8. The molecule has 0 aliphatic carbocycles. The zero-order valence-electron chi connectivity index (χ0n) is 13.3. The van der Waals surface area contributed by atoms with E-state index in [1.165, 1.54) is 29.5 Å². The molecule has 2 aromatic rings. The van der Waals surface area contributed by atoms with Crippen LogP contribution < -0.4 is 10.4 Å². The largest absolute Gasteiger partial charge is 0.545 e. The second-order valence-corrected chi connectivity index (χ2v) is 6.79. The Morgan fingerprint density at radius 1 is 1.09 bits per heavy atom. The number of aryl methyl sites for hydroxylation is 2. The minimum absolute atomic E-state index is 0.0461. The number of anilines is 1. The van der Waals surface area contributed by atoms with Crippen molar-refractivity contribution in [3.8, 4) is 0 Å². The molecule has 0 bridgehead atoms. The smallest absolute Gasteiger partial charge is 0.237 e. The fourth-order valence-electron chi connectivity index (χ4n) is 1.99. The molecule has 0 heterocycles. The maximum absolute atomic E-state index is 12.3. The molecule has 23 heavy (non-hydrogen) atoms. The Balaban J connectivity index is 2.07. The van der Waals surface area contributed by atoms with Crippen molar-refractivity contribution in [1.29, 1.82) is 0 Å². The summed E-state index contributed by atoms with van der Waals surface area (Å²) in [5, 5.41) is 13.4. The number of aromatic carboxylic acids is 1. The third-order valence-corrected chi connectivity index (χ3v) is 4.55. The third kappa shape index (κ3) is 4.60. The van der Waals surface area contributed by atoms with Gasteiger partial charge < -0.3 is 15.2 Å². The number of carboxylic acids is 1. The van der Waals surface area contributed by atoms with Gasteiger partial charge in [0.05, 0.1) is 11.2 Å². The molecule has 1 atom stereocenters. The van der Waals surface area contributed by atoms with Gasteiger partial charge in [-0.1, -0.05) is 29.8 Å². The molecular formula is C18H18NO3S-. The second-order valence-electron chi connectivity index (χ2n) is 5.38. The number of benzene rings is 2. The van der Waals surface area contributed by atoms with Gasteiger partial charge in [-0.25, -0.2) is 0 Å². The van der Waals surface area contributed by atoms with E-state index < -0.39 is 5.97 Å². The number of nitrogens with one attached hydrogen (secondary N) is 1. The molecule has 0 aliphatic heterocycles. The molecule has 1 amide bonds. The van der Waals surface area contributed by atoms with Crippen molar-refractivity contribution in [2.75, 3.05) is 5.32 Å². The molecule has 0 spiro atoms. The first-order valence-electron chi connectivity index (χ1n) is 7.23. The first-order valence-corrected chi connectivity index (χ1v) is 8.11. The van der Waals surface area contributed by atoms with Gasteiger partial charge in [0.2, 0.25) is 5.91 Å². The molecule has 0 fully saturated rings. The van der Waals surface area contributed by atoms with E-state index in [1.807, 2.05) is 45.0 Å². The maximum atomic E-state index is 12.3. The van der Waals surface area contributed by atoms with Gasteiger partial charge in [-0.15, -0.1) is 11.8 Å². The number of thioether (sulfide) groups is 1. The fourth-order valence-corrected chi connectivity index (χ4v) is 2.86. The quantitative estimate of drug-likeness (QED) is 0.857. The molecule has 0 aromatic heterocycles. The molecule has 1 N–H and O–H groups in total. The van der Waals surface area contributed by atoms with Crippen molar-refractivity contribution < 1.29 is 14.7 Å². The van der Waals surface area contributed by atoms with Crippen LogP contribution in [0.4, 0.5) is 5.69 Å². The summed E-state index contributed by atoms with van der Waals surface area (Å²) in [6.07, 6.45) is 0. The second kappa shape index (κ2) is 7.33. The van der Waals surface area contributed by atoms with E-state index in [0.717, 1.165) is 10.5 Å². The summed E-state index contributed by atoms with van der Waals surface area (Å²) in [7, 11) is 0. The van der Waals surface area contributed by atoms with Gasteiger partial charge in [0.25, 0.3) is 0 Å². The lowest BCUT2D eigenvalue weighted by atomic mass is 10.1. The molecule has 0 saturated heterocycles. The van der Waals surface area contributed by atoms with Crippen LogP contribution in [0.5, 0.6) is 0 Å². The van der Waals surface area contributed by atoms with Crippen LogP contribution >= 0.6 is 11.8 Å². The maximum Gasteiger partial charge on any atom is 0.237 e. The lowest BCUT2D eigenvalue weighted by molar-refractivity contribution is -0.255. The molecule has 0 radical (unpaired) electrons. The topological polar surface area (TPSA) is 69.2 Å². The zero-order chi connectivity index (χ0) is 17.0. The minimum Gasteiger partial charge on any atom is -0.545 e. The summed E-state index contributed by atoms with van der Waals surface area (Å²) < 4.78 is 0. The summed E-state index contributed by atoms with van der Waals surface area (Å²) in [5.41, 5.74) is 2.51. The van der Waals surface area contributed by atoms with Crippen molar-refractivity contribution in [2.45, 2.75) is 30.9 Å². The lowest BCUT2D eigenvalue weighted by Crippen LogP contribution is -2.25. The van der Waals surface area contributed by atoms with Gasteiger partial charge in [-0.05, 0) is 50.1 Å². The standard InChI is InChI=1S/C18H19NO3S/c1-11-4-8-15(9-5-11)23-13(3)17(20)19-16-10-14(18(21)22)7-6-12(16)2/h4-10,13H,1-3H3,(H,19,20)(H,21,22)/p-1/t13-/m0/s1. The van der Waals surface area contributed by atoms with Crippen molar-refractivity contribution >= 4 is 29.3 Å². The molecule has 4 nitrogen and oxygen atoms in total. The van der Waals surface area contributed by atoms with Gasteiger partial charge >= 0.3 is 0 Å². The predicted molar refractivity (Wildman–Crippen MR) is 90.6 cm³/mol. The molecular weight excluding hydrogens is 310 g/mol. The Labute approximate surface area is 139 Å². The van der Waals surface area contributed by atoms with Crippen LogP contribution in [-0.4, -0.2) is 17.1 Å². The summed E-state index contributed by atoms with van der Waals surface area (Å²) >= 11 is 1.46. The van der Waals surface area contributed by atoms with Crippen molar-refractivity contribution in [2.24, 2.45) is 0 Å². The first kappa shape index (κ1) is 17.1. The number of rotatable bonds is 5. The van der Waals surface area contributed by atoms with Gasteiger partial charge in [0.1, 0.15) is 0 Å². The van der Waals surface area contributed by atoms with Gasteiger partial charge in [0, 0.05) is 10.6 Å². The molecule has 5 heteroatoms. The van der Waals surface area contributed by atoms with E-state index in [0.29, 0.717) is 5.69 Å². The summed E-state index contributed by atoms with van der Waals surface area (Å²) in [5.74, 6) is -1.43. The van der Waals surface area contributed by atoms with Crippen molar-refractivity contribution in [1.82, 2.24) is 0 Å². The zero-order valence-corrected chi connectivity index (χ0v) is 14.1. The van der Waals surface area contributed by atoms with Gasteiger partial charge in [0.15, 0.2) is 0 Å². The van der Waals surface area contributed by atoms with Crippen LogP contribution in [0.1, 0.15) is 28.4 Å². The minimum atomic E-state index is -1.26. The predicted octanol–water partition coefficient (Wildman–Crippen LogP) is 2.79. The SMILES string of the molecule is Cc1ccc(S[C@@H](C)C(=O)Nc2cc(C(=O)[O-])ccc2C)cc1. The molecule has 0 aliphatic rings. The van der Waals surface area contributed by atoms with Gasteiger partial charge in [-0.3, -0.25) is 4.79 Å². The number of hydrogen-bond donors (Lipinski definition) is 1. The van der Waals surface area contributed by atoms with E-state index in [1.54, 1.807) is 6.07 Å². The summed E-state index contributed by atoms with van der Waals surface area (Å²) in [4.78, 5) is 24.3. The Morgan fingerprint density at radius 3 is 2.35 bits per heavy atom. The molecule has 2 rings (SSSR count). The van der Waals surface area contributed by atoms with Crippen LogP contribution in [-0.2, 0) is 4.79 Å². The highest BCUT2D eigenvalue weighted by Crippen LogP contribution is 2.25. The highest BCUT2D eigenvalue weighted by molar-refractivity contribution is 8.00. The van der Waals surface area contributed by atoms with Crippen LogP contribution in [0.3, 0.4) is 0 Å². The average molecular weight is 328 g/mol.